The second kappa shape index (κ2) is 3.85. The fourth-order valence-corrected chi connectivity index (χ4v) is 1.41. The maximum Gasteiger partial charge on any atom is 0.168 e. The molecule has 80 valence electrons. The number of hydrogen-bond acceptors (Lipinski definition) is 1. The highest BCUT2D eigenvalue weighted by Gasteiger charge is 2.16. The van der Waals surface area contributed by atoms with E-state index in [0.29, 0.717) is 16.7 Å². The Hall–Kier alpha value is -1.64. The van der Waals surface area contributed by atoms with Gasteiger partial charge >= 0.3 is 0 Å². The SMILES string of the molecule is C=C(C)c1cc(F)c(F)c(C(=C)C)c1N. The molecule has 2 N–H and O–H groups in total. The average molecular weight is 209 g/mol. The van der Waals surface area contributed by atoms with Gasteiger partial charge in [0.2, 0.25) is 0 Å². The van der Waals surface area contributed by atoms with Crippen molar-refractivity contribution >= 4 is 16.8 Å². The zero-order valence-corrected chi connectivity index (χ0v) is 8.82. The molecule has 0 unspecified atom stereocenters. The molecule has 1 rings (SSSR count). The fraction of sp³-hybridized carbons (Fsp3) is 0.167. The molecule has 0 saturated heterocycles. The molecule has 0 spiro atoms. The summed E-state index contributed by atoms with van der Waals surface area (Å²) in [7, 11) is 0. The van der Waals surface area contributed by atoms with Crippen LogP contribution in [0.5, 0.6) is 0 Å². The number of hydrogen-bond donors (Lipinski definition) is 1. The summed E-state index contributed by atoms with van der Waals surface area (Å²) in [5.41, 5.74) is 7.36. The lowest BCUT2D eigenvalue weighted by atomic mass is 9.98. The quantitative estimate of drug-likeness (QED) is 0.740. The highest BCUT2D eigenvalue weighted by molar-refractivity contribution is 5.83. The molecule has 0 saturated carbocycles. The van der Waals surface area contributed by atoms with Gasteiger partial charge < -0.3 is 5.73 Å². The lowest BCUT2D eigenvalue weighted by Crippen LogP contribution is -2.03. The molecule has 1 nitrogen and oxygen atoms in total. The van der Waals surface area contributed by atoms with Crippen molar-refractivity contribution in [2.75, 3.05) is 5.73 Å². The van der Waals surface area contributed by atoms with Crippen molar-refractivity contribution in [2.24, 2.45) is 0 Å². The van der Waals surface area contributed by atoms with E-state index in [-0.39, 0.29) is 11.3 Å². The topological polar surface area (TPSA) is 26.0 Å². The molecule has 0 aliphatic carbocycles. The Morgan fingerprint density at radius 3 is 2.13 bits per heavy atom. The van der Waals surface area contributed by atoms with E-state index in [0.717, 1.165) is 6.07 Å². The van der Waals surface area contributed by atoms with Gasteiger partial charge in [-0.25, -0.2) is 8.78 Å². The van der Waals surface area contributed by atoms with Gasteiger partial charge in [0.1, 0.15) is 0 Å². The summed E-state index contributed by atoms with van der Waals surface area (Å²) < 4.78 is 26.6. The summed E-state index contributed by atoms with van der Waals surface area (Å²) in [6.07, 6.45) is 0. The Morgan fingerprint density at radius 1 is 1.20 bits per heavy atom. The van der Waals surface area contributed by atoms with E-state index in [1.165, 1.54) is 0 Å². The third-order valence-corrected chi connectivity index (χ3v) is 2.15. The van der Waals surface area contributed by atoms with Crippen LogP contribution >= 0.6 is 0 Å². The Balaban J connectivity index is 3.63. The normalized spacial score (nSPS) is 10.1. The second-order valence-electron chi connectivity index (χ2n) is 3.57. The third kappa shape index (κ3) is 1.91. The molecule has 0 fully saturated rings. The van der Waals surface area contributed by atoms with Crippen molar-refractivity contribution in [3.63, 3.8) is 0 Å². The second-order valence-corrected chi connectivity index (χ2v) is 3.57. The van der Waals surface area contributed by atoms with Crippen molar-refractivity contribution in [1.82, 2.24) is 0 Å². The first kappa shape index (κ1) is 11.4. The molecule has 3 heteroatoms. The van der Waals surface area contributed by atoms with Gasteiger partial charge in [-0.05, 0) is 31.1 Å². The van der Waals surface area contributed by atoms with Crippen molar-refractivity contribution in [3.05, 3.63) is 42.0 Å². The van der Waals surface area contributed by atoms with Crippen LogP contribution in [0.3, 0.4) is 0 Å². The molecule has 15 heavy (non-hydrogen) atoms. The summed E-state index contributed by atoms with van der Waals surface area (Å²) in [5.74, 6) is -1.88. The van der Waals surface area contributed by atoms with E-state index >= 15 is 0 Å². The summed E-state index contributed by atoms with van der Waals surface area (Å²) in [4.78, 5) is 0. The van der Waals surface area contributed by atoms with Crippen LogP contribution in [0.25, 0.3) is 11.1 Å². The van der Waals surface area contributed by atoms with Crippen LogP contribution in [-0.4, -0.2) is 0 Å². The maximum atomic E-state index is 13.4. The molecule has 0 aromatic heterocycles. The van der Waals surface area contributed by atoms with Gasteiger partial charge in [0.15, 0.2) is 11.6 Å². The third-order valence-electron chi connectivity index (χ3n) is 2.15. The molecule has 0 heterocycles. The Bertz CT molecular complexity index is 447. The number of nitrogen functional groups attached to an aromatic ring is 1. The Morgan fingerprint density at radius 2 is 1.73 bits per heavy atom. The van der Waals surface area contributed by atoms with Crippen LogP contribution in [-0.2, 0) is 0 Å². The first-order valence-electron chi connectivity index (χ1n) is 4.45. The molecule has 0 aliphatic heterocycles. The number of anilines is 1. The van der Waals surface area contributed by atoms with Gasteiger partial charge in [0.05, 0.1) is 0 Å². The Labute approximate surface area is 87.9 Å². The zero-order valence-electron chi connectivity index (χ0n) is 8.82. The minimum atomic E-state index is -0.954. The van der Waals surface area contributed by atoms with Crippen LogP contribution in [0.4, 0.5) is 14.5 Å². The van der Waals surface area contributed by atoms with E-state index in [1.54, 1.807) is 13.8 Å². The number of nitrogens with two attached hydrogens (primary N) is 1. The monoisotopic (exact) mass is 209 g/mol. The number of rotatable bonds is 2. The van der Waals surface area contributed by atoms with Crippen molar-refractivity contribution in [2.45, 2.75) is 13.8 Å². The highest BCUT2D eigenvalue weighted by Crippen LogP contribution is 2.31. The smallest absolute Gasteiger partial charge is 0.168 e. The van der Waals surface area contributed by atoms with E-state index in [9.17, 15) is 8.78 Å². The average Bonchev–Trinajstić information content (AvgIpc) is 2.10. The minimum Gasteiger partial charge on any atom is -0.398 e. The molecular weight excluding hydrogens is 196 g/mol. The molecule has 0 atom stereocenters. The largest absolute Gasteiger partial charge is 0.398 e. The minimum absolute atomic E-state index is 0.0352. The van der Waals surface area contributed by atoms with Gasteiger partial charge in [0.25, 0.3) is 0 Å². The summed E-state index contributed by atoms with van der Waals surface area (Å²) in [5, 5.41) is 0. The van der Waals surface area contributed by atoms with Crippen LogP contribution in [0.1, 0.15) is 25.0 Å². The van der Waals surface area contributed by atoms with Gasteiger partial charge in [-0.15, -0.1) is 0 Å². The molecule has 0 aliphatic rings. The van der Waals surface area contributed by atoms with Gasteiger partial charge in [-0.1, -0.05) is 13.2 Å². The number of allylic oxidation sites excluding steroid dienone is 2. The molecule has 1 aromatic carbocycles. The van der Waals surface area contributed by atoms with Crippen molar-refractivity contribution in [1.29, 1.82) is 0 Å². The predicted molar refractivity (Wildman–Crippen MR) is 60.2 cm³/mol. The summed E-state index contributed by atoms with van der Waals surface area (Å²) >= 11 is 0. The predicted octanol–water partition coefficient (Wildman–Crippen LogP) is 3.61. The van der Waals surface area contributed by atoms with E-state index in [1.807, 2.05) is 0 Å². The van der Waals surface area contributed by atoms with E-state index in [2.05, 4.69) is 13.2 Å². The number of halogens is 2. The van der Waals surface area contributed by atoms with Crippen LogP contribution in [0.15, 0.2) is 19.2 Å². The number of benzene rings is 1. The molecule has 1 aromatic rings. The van der Waals surface area contributed by atoms with E-state index in [4.69, 9.17) is 5.73 Å². The maximum absolute atomic E-state index is 13.4. The van der Waals surface area contributed by atoms with Crippen LogP contribution in [0, 0.1) is 11.6 Å². The van der Waals surface area contributed by atoms with Crippen molar-refractivity contribution < 1.29 is 8.78 Å². The standard InChI is InChI=1S/C12H13F2N/c1-6(2)8-5-9(13)11(14)10(7(3)4)12(8)15/h5H,1,3,15H2,2,4H3. The molecule has 0 bridgehead atoms. The lowest BCUT2D eigenvalue weighted by Gasteiger charge is -2.12. The summed E-state index contributed by atoms with van der Waals surface area (Å²) in [6.45, 7) is 10.5. The van der Waals surface area contributed by atoms with Crippen LogP contribution in [0.2, 0.25) is 0 Å². The first-order chi connectivity index (χ1) is 6.86. The van der Waals surface area contributed by atoms with Gasteiger partial charge in [-0.3, -0.25) is 0 Å². The van der Waals surface area contributed by atoms with Gasteiger partial charge in [-0.2, -0.15) is 0 Å². The first-order valence-corrected chi connectivity index (χ1v) is 4.45. The lowest BCUT2D eigenvalue weighted by molar-refractivity contribution is 0.506. The molecule has 0 amide bonds. The molecule has 0 radical (unpaired) electrons. The molecular formula is C12H13F2N. The van der Waals surface area contributed by atoms with E-state index < -0.39 is 11.6 Å². The van der Waals surface area contributed by atoms with Gasteiger partial charge in [0, 0.05) is 16.8 Å². The van der Waals surface area contributed by atoms with Crippen LogP contribution < -0.4 is 5.73 Å². The fourth-order valence-electron chi connectivity index (χ4n) is 1.41. The van der Waals surface area contributed by atoms with Crippen molar-refractivity contribution in [3.8, 4) is 0 Å². The zero-order chi connectivity index (χ0) is 11.7. The Kier molecular flexibility index (Phi) is 2.93. The summed E-state index contributed by atoms with van der Waals surface area (Å²) in [6, 6.07) is 1.05. The highest BCUT2D eigenvalue weighted by atomic mass is 19.2.